The zero-order valence-corrected chi connectivity index (χ0v) is 12.4. The van der Waals surface area contributed by atoms with Gasteiger partial charge in [0.2, 0.25) is 5.95 Å². The Kier molecular flexibility index (Phi) is 3.98. The number of rotatable bonds is 4. The van der Waals surface area contributed by atoms with Crippen LogP contribution >= 0.6 is 0 Å². The average molecular weight is 291 g/mol. The second-order valence-corrected chi connectivity index (χ2v) is 5.44. The van der Waals surface area contributed by atoms with Crippen molar-refractivity contribution in [2.45, 2.75) is 32.6 Å². The summed E-state index contributed by atoms with van der Waals surface area (Å²) in [5.74, 6) is 1.23. The summed E-state index contributed by atoms with van der Waals surface area (Å²) in [6.45, 7) is 6.48. The minimum absolute atomic E-state index is 0.00752. The fraction of sp³-hybridized carbons (Fsp3) is 0.533. The van der Waals surface area contributed by atoms with Gasteiger partial charge in [0.25, 0.3) is 0 Å². The van der Waals surface area contributed by atoms with E-state index in [9.17, 15) is 0 Å². The topological polar surface area (TPSA) is 71.5 Å². The number of aromatic nitrogens is 2. The van der Waals surface area contributed by atoms with Gasteiger partial charge in [-0.25, -0.2) is 4.98 Å². The van der Waals surface area contributed by atoms with Crippen molar-refractivity contribution in [3.05, 3.63) is 18.2 Å². The lowest BCUT2D eigenvalue weighted by Gasteiger charge is -2.23. The van der Waals surface area contributed by atoms with Crippen LogP contribution in [0.25, 0.3) is 11.0 Å². The Morgan fingerprint density at radius 2 is 2.29 bits per heavy atom. The third-order valence-electron chi connectivity index (χ3n) is 3.41. The van der Waals surface area contributed by atoms with E-state index in [1.54, 1.807) is 0 Å². The molecule has 114 valence electrons. The van der Waals surface area contributed by atoms with Gasteiger partial charge in [-0.2, -0.15) is 0 Å². The number of fused-ring (bicyclic) bond motifs is 1. The van der Waals surface area contributed by atoms with Crippen LogP contribution in [-0.4, -0.2) is 41.6 Å². The molecule has 0 bridgehead atoms. The molecule has 0 spiro atoms. The molecule has 0 saturated carbocycles. The van der Waals surface area contributed by atoms with Crippen molar-refractivity contribution in [2.75, 3.05) is 25.6 Å². The number of imidazole rings is 1. The van der Waals surface area contributed by atoms with Gasteiger partial charge in [0.1, 0.15) is 11.3 Å². The van der Waals surface area contributed by atoms with Crippen LogP contribution in [0.15, 0.2) is 18.2 Å². The van der Waals surface area contributed by atoms with E-state index in [2.05, 4.69) is 4.98 Å². The van der Waals surface area contributed by atoms with Gasteiger partial charge in [-0.3, -0.25) is 0 Å². The summed E-state index contributed by atoms with van der Waals surface area (Å²) < 4.78 is 18.9. The number of nitrogens with two attached hydrogens (primary N) is 1. The molecule has 0 aliphatic carbocycles. The van der Waals surface area contributed by atoms with Crippen LogP contribution in [0.3, 0.4) is 0 Å². The number of nitrogens with zero attached hydrogens (tertiary/aromatic N) is 2. The van der Waals surface area contributed by atoms with Crippen molar-refractivity contribution in [3.63, 3.8) is 0 Å². The highest BCUT2D eigenvalue weighted by Gasteiger charge is 2.19. The third kappa shape index (κ3) is 2.96. The van der Waals surface area contributed by atoms with Crippen molar-refractivity contribution in [3.8, 4) is 5.75 Å². The molecule has 1 aromatic carbocycles. The highest BCUT2D eigenvalue weighted by atomic mass is 16.6. The minimum Gasteiger partial charge on any atom is -0.489 e. The molecule has 2 heterocycles. The summed E-state index contributed by atoms with van der Waals surface area (Å²) in [5, 5.41) is 0. The SMILES string of the molecule is CC(C)Oc1cccc2c1nc(N)n2CC1COCCO1. The molecule has 6 heteroatoms. The van der Waals surface area contributed by atoms with Crippen LogP contribution in [-0.2, 0) is 16.0 Å². The summed E-state index contributed by atoms with van der Waals surface area (Å²) >= 11 is 0. The summed E-state index contributed by atoms with van der Waals surface area (Å²) in [7, 11) is 0. The van der Waals surface area contributed by atoms with Crippen molar-refractivity contribution in [1.29, 1.82) is 0 Å². The molecule has 2 aromatic rings. The molecule has 1 unspecified atom stereocenters. The molecule has 3 rings (SSSR count). The van der Waals surface area contributed by atoms with E-state index in [4.69, 9.17) is 19.9 Å². The number of hydrogen-bond donors (Lipinski definition) is 1. The van der Waals surface area contributed by atoms with E-state index >= 15 is 0 Å². The first-order chi connectivity index (χ1) is 10.1. The summed E-state index contributed by atoms with van der Waals surface area (Å²) in [4.78, 5) is 4.45. The van der Waals surface area contributed by atoms with Gasteiger partial charge in [0, 0.05) is 0 Å². The van der Waals surface area contributed by atoms with Crippen LogP contribution in [0.4, 0.5) is 5.95 Å². The predicted molar refractivity (Wildman–Crippen MR) is 80.5 cm³/mol. The Balaban J connectivity index is 1.93. The number of ether oxygens (including phenoxy) is 3. The second kappa shape index (κ2) is 5.91. The average Bonchev–Trinajstić information content (AvgIpc) is 2.77. The summed E-state index contributed by atoms with van der Waals surface area (Å²) in [5.41, 5.74) is 7.82. The first kappa shape index (κ1) is 14.2. The molecule has 1 atom stereocenters. The fourth-order valence-electron chi connectivity index (χ4n) is 2.53. The highest BCUT2D eigenvalue weighted by molar-refractivity contribution is 5.84. The molecule has 1 fully saturated rings. The first-order valence-electron chi connectivity index (χ1n) is 7.26. The van der Waals surface area contributed by atoms with E-state index < -0.39 is 0 Å². The van der Waals surface area contributed by atoms with Gasteiger partial charge in [-0.1, -0.05) is 6.07 Å². The van der Waals surface area contributed by atoms with E-state index in [-0.39, 0.29) is 12.2 Å². The Morgan fingerprint density at radius 3 is 3.00 bits per heavy atom. The zero-order chi connectivity index (χ0) is 14.8. The summed E-state index contributed by atoms with van der Waals surface area (Å²) in [6.07, 6.45) is 0.102. The Bertz CT molecular complexity index is 618. The van der Waals surface area contributed by atoms with Crippen LogP contribution in [0, 0.1) is 0 Å². The smallest absolute Gasteiger partial charge is 0.201 e. The number of anilines is 1. The largest absolute Gasteiger partial charge is 0.489 e. The number of nitrogen functional groups attached to an aromatic ring is 1. The van der Waals surface area contributed by atoms with Crippen LogP contribution in [0.5, 0.6) is 5.75 Å². The number of para-hydroxylation sites is 1. The van der Waals surface area contributed by atoms with Crippen molar-refractivity contribution >= 4 is 17.0 Å². The third-order valence-corrected chi connectivity index (χ3v) is 3.41. The quantitative estimate of drug-likeness (QED) is 0.930. The molecular weight excluding hydrogens is 270 g/mol. The van der Waals surface area contributed by atoms with Crippen LogP contribution < -0.4 is 10.5 Å². The maximum Gasteiger partial charge on any atom is 0.201 e. The highest BCUT2D eigenvalue weighted by Crippen LogP contribution is 2.28. The number of benzene rings is 1. The lowest BCUT2D eigenvalue weighted by Crippen LogP contribution is -2.32. The molecule has 6 nitrogen and oxygen atoms in total. The van der Waals surface area contributed by atoms with Gasteiger partial charge in [-0.05, 0) is 26.0 Å². The predicted octanol–water partition coefficient (Wildman–Crippen LogP) is 1.82. The van der Waals surface area contributed by atoms with Crippen LogP contribution in [0.2, 0.25) is 0 Å². The van der Waals surface area contributed by atoms with Gasteiger partial charge in [0.15, 0.2) is 0 Å². The molecule has 2 N–H and O–H groups in total. The summed E-state index contributed by atoms with van der Waals surface area (Å²) in [6, 6.07) is 5.87. The fourth-order valence-corrected chi connectivity index (χ4v) is 2.53. The molecular formula is C15H21N3O3. The molecule has 0 amide bonds. The van der Waals surface area contributed by atoms with E-state index in [1.165, 1.54) is 0 Å². The normalized spacial score (nSPS) is 19.3. The van der Waals surface area contributed by atoms with E-state index in [0.717, 1.165) is 16.8 Å². The van der Waals surface area contributed by atoms with Crippen LogP contribution in [0.1, 0.15) is 13.8 Å². The lowest BCUT2D eigenvalue weighted by atomic mass is 10.2. The molecule has 1 saturated heterocycles. The Hall–Kier alpha value is -1.79. The van der Waals surface area contributed by atoms with E-state index in [1.807, 2.05) is 36.6 Å². The van der Waals surface area contributed by atoms with Crippen molar-refractivity contribution < 1.29 is 14.2 Å². The number of hydrogen-bond acceptors (Lipinski definition) is 5. The molecule has 1 aliphatic rings. The maximum absolute atomic E-state index is 6.07. The Labute approximate surface area is 123 Å². The van der Waals surface area contributed by atoms with Gasteiger partial charge >= 0.3 is 0 Å². The molecule has 0 radical (unpaired) electrons. The van der Waals surface area contributed by atoms with Gasteiger partial charge in [0.05, 0.1) is 44.1 Å². The second-order valence-electron chi connectivity index (χ2n) is 5.44. The molecule has 21 heavy (non-hydrogen) atoms. The standard InChI is InChI=1S/C15H21N3O3/c1-10(2)21-13-5-3-4-12-14(13)17-15(16)18(12)8-11-9-19-6-7-20-11/h3-5,10-11H,6-9H2,1-2H3,(H2,16,17). The zero-order valence-electron chi connectivity index (χ0n) is 12.4. The Morgan fingerprint density at radius 1 is 1.43 bits per heavy atom. The monoisotopic (exact) mass is 291 g/mol. The lowest BCUT2D eigenvalue weighted by molar-refractivity contribution is -0.0930. The van der Waals surface area contributed by atoms with Gasteiger partial charge in [-0.15, -0.1) is 0 Å². The van der Waals surface area contributed by atoms with Gasteiger partial charge < -0.3 is 24.5 Å². The van der Waals surface area contributed by atoms with Crippen molar-refractivity contribution in [1.82, 2.24) is 9.55 Å². The van der Waals surface area contributed by atoms with E-state index in [0.29, 0.717) is 32.3 Å². The van der Waals surface area contributed by atoms with Crippen molar-refractivity contribution in [2.24, 2.45) is 0 Å². The maximum atomic E-state index is 6.07. The first-order valence-corrected chi connectivity index (χ1v) is 7.26. The molecule has 1 aliphatic heterocycles. The minimum atomic E-state index is 0.00752. The molecule has 1 aromatic heterocycles.